The zero-order chi connectivity index (χ0) is 13.4. The van der Waals surface area contributed by atoms with Crippen molar-refractivity contribution < 1.29 is 9.84 Å². The van der Waals surface area contributed by atoms with Crippen molar-refractivity contribution in [1.82, 2.24) is 0 Å². The first kappa shape index (κ1) is 15.0. The fourth-order valence-corrected chi connectivity index (χ4v) is 1.81. The second kappa shape index (κ2) is 8.11. The highest BCUT2D eigenvalue weighted by atomic mass is 16.5. The van der Waals surface area contributed by atoms with Crippen LogP contribution >= 0.6 is 0 Å². The van der Waals surface area contributed by atoms with Gasteiger partial charge in [0.25, 0.3) is 0 Å². The van der Waals surface area contributed by atoms with E-state index < -0.39 is 6.10 Å². The van der Waals surface area contributed by atoms with Gasteiger partial charge in [-0.2, -0.15) is 0 Å². The number of aryl methyl sites for hydroxylation is 1. The van der Waals surface area contributed by atoms with Crippen molar-refractivity contribution in [3.63, 3.8) is 0 Å². The highest BCUT2D eigenvalue weighted by molar-refractivity contribution is 5.47. The highest BCUT2D eigenvalue weighted by Gasteiger charge is 2.09. The van der Waals surface area contributed by atoms with Gasteiger partial charge in [-0.3, -0.25) is 0 Å². The summed E-state index contributed by atoms with van der Waals surface area (Å²) in [7, 11) is 1.99. The summed E-state index contributed by atoms with van der Waals surface area (Å²) < 4.78 is 5.42. The molecule has 1 aromatic rings. The average molecular weight is 251 g/mol. The molecule has 0 aliphatic rings. The van der Waals surface area contributed by atoms with Crippen LogP contribution in [0, 0.1) is 6.92 Å². The van der Waals surface area contributed by atoms with Gasteiger partial charge >= 0.3 is 0 Å². The zero-order valence-electron chi connectivity index (χ0n) is 11.7. The second-order valence-electron chi connectivity index (χ2n) is 4.80. The number of unbranched alkanes of at least 4 members (excludes halogenated alkanes) is 1. The Morgan fingerprint density at radius 1 is 1.39 bits per heavy atom. The number of benzene rings is 1. The lowest BCUT2D eigenvalue weighted by Gasteiger charge is -2.23. The first-order valence-electron chi connectivity index (χ1n) is 6.67. The lowest BCUT2D eigenvalue weighted by atomic mass is 10.2. The number of nitrogens with zero attached hydrogens (tertiary/aromatic N) is 1. The SMILES string of the molecule is CCCCOCC(O)CN(C)c1cccc(C)c1. The Hall–Kier alpha value is -1.06. The van der Waals surface area contributed by atoms with Crippen molar-refractivity contribution >= 4 is 5.69 Å². The summed E-state index contributed by atoms with van der Waals surface area (Å²) in [5.74, 6) is 0. The van der Waals surface area contributed by atoms with Gasteiger partial charge < -0.3 is 14.7 Å². The Morgan fingerprint density at radius 3 is 2.83 bits per heavy atom. The molecule has 1 rings (SSSR count). The molecule has 102 valence electrons. The molecule has 0 radical (unpaired) electrons. The van der Waals surface area contributed by atoms with Crippen molar-refractivity contribution in [1.29, 1.82) is 0 Å². The molecule has 0 saturated carbocycles. The molecule has 0 aliphatic heterocycles. The maximum atomic E-state index is 9.88. The van der Waals surface area contributed by atoms with Crippen molar-refractivity contribution in [2.24, 2.45) is 0 Å². The van der Waals surface area contributed by atoms with Crippen LogP contribution < -0.4 is 4.90 Å². The van der Waals surface area contributed by atoms with Gasteiger partial charge in [-0.15, -0.1) is 0 Å². The minimum absolute atomic E-state index is 0.413. The zero-order valence-corrected chi connectivity index (χ0v) is 11.7. The summed E-state index contributed by atoms with van der Waals surface area (Å²) in [6.07, 6.45) is 1.74. The molecule has 3 nitrogen and oxygen atoms in total. The highest BCUT2D eigenvalue weighted by Crippen LogP contribution is 2.14. The number of rotatable bonds is 8. The quantitative estimate of drug-likeness (QED) is 0.721. The molecule has 0 fully saturated rings. The fourth-order valence-electron chi connectivity index (χ4n) is 1.81. The number of hydrogen-bond acceptors (Lipinski definition) is 3. The lowest BCUT2D eigenvalue weighted by Crippen LogP contribution is -2.32. The fraction of sp³-hybridized carbons (Fsp3) is 0.600. The van der Waals surface area contributed by atoms with E-state index in [1.54, 1.807) is 0 Å². The van der Waals surface area contributed by atoms with Crippen molar-refractivity contribution in [2.75, 3.05) is 31.7 Å². The molecule has 0 spiro atoms. The van der Waals surface area contributed by atoms with E-state index in [-0.39, 0.29) is 0 Å². The van der Waals surface area contributed by atoms with E-state index >= 15 is 0 Å². The maximum Gasteiger partial charge on any atom is 0.0947 e. The van der Waals surface area contributed by atoms with E-state index in [0.29, 0.717) is 13.2 Å². The first-order chi connectivity index (χ1) is 8.63. The van der Waals surface area contributed by atoms with Crippen LogP contribution in [0.2, 0.25) is 0 Å². The summed E-state index contributed by atoms with van der Waals surface area (Å²) in [6.45, 7) is 5.94. The van der Waals surface area contributed by atoms with Gasteiger partial charge in [0.15, 0.2) is 0 Å². The monoisotopic (exact) mass is 251 g/mol. The third kappa shape index (κ3) is 5.52. The smallest absolute Gasteiger partial charge is 0.0947 e. The Morgan fingerprint density at radius 2 is 2.17 bits per heavy atom. The minimum atomic E-state index is -0.438. The third-order valence-electron chi connectivity index (χ3n) is 2.88. The van der Waals surface area contributed by atoms with Crippen LogP contribution in [0.25, 0.3) is 0 Å². The van der Waals surface area contributed by atoms with Gasteiger partial charge in [0, 0.05) is 25.9 Å². The van der Waals surface area contributed by atoms with Crippen LogP contribution in [0.15, 0.2) is 24.3 Å². The van der Waals surface area contributed by atoms with E-state index in [9.17, 15) is 5.11 Å². The molecule has 18 heavy (non-hydrogen) atoms. The van der Waals surface area contributed by atoms with Crippen LogP contribution in [0.4, 0.5) is 5.69 Å². The standard InChI is InChI=1S/C15H25NO2/c1-4-5-9-18-12-15(17)11-16(3)14-8-6-7-13(2)10-14/h6-8,10,15,17H,4-5,9,11-12H2,1-3H3. The van der Waals surface area contributed by atoms with Gasteiger partial charge in [0.05, 0.1) is 12.7 Å². The second-order valence-corrected chi connectivity index (χ2v) is 4.80. The summed E-state index contributed by atoms with van der Waals surface area (Å²) in [6, 6.07) is 8.27. The van der Waals surface area contributed by atoms with Crippen LogP contribution in [0.5, 0.6) is 0 Å². The summed E-state index contributed by atoms with van der Waals surface area (Å²) in [4.78, 5) is 2.06. The van der Waals surface area contributed by atoms with E-state index in [2.05, 4.69) is 36.9 Å². The predicted molar refractivity (Wildman–Crippen MR) is 76.2 cm³/mol. The van der Waals surface area contributed by atoms with Crippen LogP contribution in [0.3, 0.4) is 0 Å². The molecule has 1 aromatic carbocycles. The molecule has 0 heterocycles. The van der Waals surface area contributed by atoms with Crippen molar-refractivity contribution in [2.45, 2.75) is 32.8 Å². The topological polar surface area (TPSA) is 32.7 Å². The van der Waals surface area contributed by atoms with Crippen LogP contribution in [0.1, 0.15) is 25.3 Å². The van der Waals surface area contributed by atoms with Gasteiger partial charge in [-0.25, -0.2) is 0 Å². The first-order valence-corrected chi connectivity index (χ1v) is 6.67. The minimum Gasteiger partial charge on any atom is -0.389 e. The molecular weight excluding hydrogens is 226 g/mol. The molecule has 0 aliphatic carbocycles. The van der Waals surface area contributed by atoms with Crippen molar-refractivity contribution in [3.05, 3.63) is 29.8 Å². The molecule has 0 aromatic heterocycles. The number of ether oxygens (including phenoxy) is 1. The van der Waals surface area contributed by atoms with Gasteiger partial charge in [0.1, 0.15) is 0 Å². The van der Waals surface area contributed by atoms with E-state index in [4.69, 9.17) is 4.74 Å². The molecule has 1 unspecified atom stereocenters. The third-order valence-corrected chi connectivity index (χ3v) is 2.88. The average Bonchev–Trinajstić information content (AvgIpc) is 2.34. The Labute approximate surface area is 110 Å². The number of aliphatic hydroxyl groups is 1. The number of hydrogen-bond donors (Lipinski definition) is 1. The van der Waals surface area contributed by atoms with E-state index in [1.807, 2.05) is 13.1 Å². The summed E-state index contributed by atoms with van der Waals surface area (Å²) in [5.41, 5.74) is 2.36. The van der Waals surface area contributed by atoms with Crippen LogP contribution in [-0.4, -0.2) is 38.0 Å². The number of anilines is 1. The molecule has 0 saturated heterocycles. The molecule has 0 amide bonds. The predicted octanol–water partition coefficient (Wildman–Crippen LogP) is 2.61. The van der Waals surface area contributed by atoms with E-state index in [1.165, 1.54) is 5.56 Å². The van der Waals surface area contributed by atoms with E-state index in [0.717, 1.165) is 25.1 Å². The van der Waals surface area contributed by atoms with Gasteiger partial charge in [-0.1, -0.05) is 25.5 Å². The normalized spacial score (nSPS) is 12.4. The molecule has 1 atom stereocenters. The maximum absolute atomic E-state index is 9.88. The molecular formula is C15H25NO2. The Bertz CT molecular complexity index is 341. The van der Waals surface area contributed by atoms with Gasteiger partial charge in [-0.05, 0) is 31.0 Å². The van der Waals surface area contributed by atoms with Crippen molar-refractivity contribution in [3.8, 4) is 0 Å². The Balaban J connectivity index is 2.32. The molecule has 1 N–H and O–H groups in total. The number of likely N-dealkylation sites (N-methyl/N-ethyl adjacent to an activating group) is 1. The molecule has 0 bridgehead atoms. The Kier molecular flexibility index (Phi) is 6.76. The van der Waals surface area contributed by atoms with Gasteiger partial charge in [0.2, 0.25) is 0 Å². The largest absolute Gasteiger partial charge is 0.389 e. The van der Waals surface area contributed by atoms with Crippen LogP contribution in [-0.2, 0) is 4.74 Å². The number of aliphatic hydroxyl groups excluding tert-OH is 1. The lowest BCUT2D eigenvalue weighted by molar-refractivity contribution is 0.0397. The summed E-state index contributed by atoms with van der Waals surface area (Å²) in [5, 5.41) is 9.88. The molecule has 3 heteroatoms. The summed E-state index contributed by atoms with van der Waals surface area (Å²) >= 11 is 0.